The van der Waals surface area contributed by atoms with Gasteiger partial charge in [0.1, 0.15) is 17.3 Å². The van der Waals surface area contributed by atoms with Crippen LogP contribution < -0.4 is 5.73 Å². The Hall–Kier alpha value is -1.78. The van der Waals surface area contributed by atoms with Gasteiger partial charge < -0.3 is 10.3 Å². The van der Waals surface area contributed by atoms with Crippen LogP contribution in [0.5, 0.6) is 0 Å². The summed E-state index contributed by atoms with van der Waals surface area (Å²) in [6.07, 6.45) is 7.46. The predicted molar refractivity (Wildman–Crippen MR) is 80.5 cm³/mol. The van der Waals surface area contributed by atoms with E-state index in [2.05, 4.69) is 30.4 Å². The third-order valence-electron chi connectivity index (χ3n) is 3.79. The number of nitrogen functional groups attached to an aromatic ring is 1. The highest BCUT2D eigenvalue weighted by Gasteiger charge is 2.31. The van der Waals surface area contributed by atoms with Crippen molar-refractivity contribution in [3.8, 4) is 11.3 Å². The molecule has 0 atom stereocenters. The Bertz CT molecular complexity index is 604. The van der Waals surface area contributed by atoms with Crippen LogP contribution in [0.4, 0.5) is 5.82 Å². The van der Waals surface area contributed by atoms with Crippen LogP contribution in [0.1, 0.15) is 57.8 Å². The molecule has 108 valence electrons. The summed E-state index contributed by atoms with van der Waals surface area (Å²) in [5, 5.41) is 4.38. The number of anilines is 1. The maximum Gasteiger partial charge on any atom is 0.132 e. The van der Waals surface area contributed by atoms with E-state index in [1.54, 1.807) is 0 Å². The zero-order valence-corrected chi connectivity index (χ0v) is 12.5. The Kier molecular flexibility index (Phi) is 3.28. The summed E-state index contributed by atoms with van der Waals surface area (Å²) < 4.78 is 4.14. The molecule has 1 aliphatic rings. The first-order chi connectivity index (χ1) is 9.61. The van der Waals surface area contributed by atoms with Gasteiger partial charge in [-0.05, 0) is 33.1 Å². The molecule has 2 heterocycles. The lowest BCUT2D eigenvalue weighted by Crippen LogP contribution is -2.08. The van der Waals surface area contributed by atoms with Crippen molar-refractivity contribution in [3.63, 3.8) is 0 Å². The van der Waals surface area contributed by atoms with Crippen LogP contribution >= 0.6 is 0 Å². The van der Waals surface area contributed by atoms with E-state index in [4.69, 9.17) is 10.7 Å². The third kappa shape index (κ3) is 2.21. The molecule has 5 nitrogen and oxygen atoms in total. The number of aromatic nitrogens is 4. The summed E-state index contributed by atoms with van der Waals surface area (Å²) in [6, 6.07) is 0.345. The molecule has 0 aliphatic heterocycles. The smallest absolute Gasteiger partial charge is 0.132 e. The highest BCUT2D eigenvalue weighted by molar-refractivity contribution is 5.70. The van der Waals surface area contributed by atoms with Gasteiger partial charge in [0.15, 0.2) is 0 Å². The lowest BCUT2D eigenvalue weighted by Gasteiger charge is -2.13. The highest BCUT2D eigenvalue weighted by Crippen LogP contribution is 2.43. The van der Waals surface area contributed by atoms with E-state index in [-0.39, 0.29) is 0 Å². The maximum absolute atomic E-state index is 6.35. The molecule has 0 unspecified atom stereocenters. The van der Waals surface area contributed by atoms with Crippen LogP contribution in [-0.4, -0.2) is 19.3 Å². The minimum Gasteiger partial charge on any atom is -0.383 e. The predicted octanol–water partition coefficient (Wildman–Crippen LogP) is 3.20. The van der Waals surface area contributed by atoms with Crippen LogP contribution in [0.3, 0.4) is 0 Å². The Morgan fingerprint density at radius 3 is 2.75 bits per heavy atom. The average molecular weight is 273 g/mol. The molecule has 0 spiro atoms. The van der Waals surface area contributed by atoms with Crippen molar-refractivity contribution in [2.75, 3.05) is 5.73 Å². The fraction of sp³-hybridized carbons (Fsp3) is 0.600. The summed E-state index contributed by atoms with van der Waals surface area (Å²) in [6.45, 7) is 7.40. The number of rotatable bonds is 5. The van der Waals surface area contributed by atoms with Gasteiger partial charge in [0.05, 0.1) is 6.20 Å². The minimum atomic E-state index is 0.345. The standard InChI is InChI=1S/C15H23N5/c1-4-7-19-9-12(8-17-19)13-14(16)20(10(2)3)15(18-13)11-5-6-11/h8-11H,4-7,16H2,1-3H3. The Balaban J connectivity index is 2.02. The molecule has 0 radical (unpaired) electrons. The molecule has 1 fully saturated rings. The topological polar surface area (TPSA) is 61.7 Å². The fourth-order valence-electron chi connectivity index (χ4n) is 2.69. The summed E-state index contributed by atoms with van der Waals surface area (Å²) >= 11 is 0. The van der Waals surface area contributed by atoms with E-state index in [0.717, 1.165) is 35.9 Å². The van der Waals surface area contributed by atoms with Crippen molar-refractivity contribution in [3.05, 3.63) is 18.2 Å². The summed E-state index contributed by atoms with van der Waals surface area (Å²) in [5.74, 6) is 2.52. The van der Waals surface area contributed by atoms with E-state index >= 15 is 0 Å². The summed E-state index contributed by atoms with van der Waals surface area (Å²) in [7, 11) is 0. The Morgan fingerprint density at radius 2 is 2.15 bits per heavy atom. The van der Waals surface area contributed by atoms with Crippen LogP contribution in [0.25, 0.3) is 11.3 Å². The van der Waals surface area contributed by atoms with Gasteiger partial charge in [0.2, 0.25) is 0 Å². The Morgan fingerprint density at radius 1 is 1.40 bits per heavy atom. The van der Waals surface area contributed by atoms with Gasteiger partial charge in [-0.2, -0.15) is 5.10 Å². The summed E-state index contributed by atoms with van der Waals surface area (Å²) in [5.41, 5.74) is 8.27. The van der Waals surface area contributed by atoms with E-state index in [9.17, 15) is 0 Å². The number of aryl methyl sites for hydroxylation is 1. The van der Waals surface area contributed by atoms with Crippen molar-refractivity contribution in [1.29, 1.82) is 0 Å². The Labute approximate surface area is 119 Å². The second-order valence-corrected chi connectivity index (χ2v) is 5.93. The molecule has 3 rings (SSSR count). The van der Waals surface area contributed by atoms with Crippen LogP contribution in [0.2, 0.25) is 0 Å². The molecule has 1 saturated carbocycles. The maximum atomic E-state index is 6.35. The molecule has 0 amide bonds. The van der Waals surface area contributed by atoms with Crippen molar-refractivity contribution < 1.29 is 0 Å². The summed E-state index contributed by atoms with van der Waals surface area (Å²) in [4.78, 5) is 4.82. The van der Waals surface area contributed by atoms with Gasteiger partial charge in [-0.25, -0.2) is 4.98 Å². The molecule has 1 aliphatic carbocycles. The van der Waals surface area contributed by atoms with Crippen molar-refractivity contribution in [2.45, 2.75) is 58.5 Å². The molecule has 0 aromatic carbocycles. The van der Waals surface area contributed by atoms with Gasteiger partial charge in [-0.3, -0.25) is 4.68 Å². The van der Waals surface area contributed by atoms with Crippen molar-refractivity contribution in [1.82, 2.24) is 19.3 Å². The first-order valence-electron chi connectivity index (χ1n) is 7.52. The van der Waals surface area contributed by atoms with Crippen LogP contribution in [0.15, 0.2) is 12.4 Å². The number of nitrogens with zero attached hydrogens (tertiary/aromatic N) is 4. The lowest BCUT2D eigenvalue weighted by molar-refractivity contribution is 0.576. The number of nitrogens with two attached hydrogens (primary N) is 1. The molecule has 0 saturated heterocycles. The second-order valence-electron chi connectivity index (χ2n) is 5.93. The van der Waals surface area contributed by atoms with E-state index in [1.165, 1.54) is 12.8 Å². The number of imidazole rings is 1. The zero-order chi connectivity index (χ0) is 14.3. The van der Waals surface area contributed by atoms with Crippen LogP contribution in [-0.2, 0) is 6.54 Å². The van der Waals surface area contributed by atoms with Gasteiger partial charge in [-0.15, -0.1) is 0 Å². The fourth-order valence-corrected chi connectivity index (χ4v) is 2.69. The average Bonchev–Trinajstić information content (AvgIpc) is 3.04. The van der Waals surface area contributed by atoms with Crippen molar-refractivity contribution in [2.24, 2.45) is 0 Å². The molecule has 2 aromatic rings. The molecule has 2 N–H and O–H groups in total. The van der Waals surface area contributed by atoms with E-state index in [1.807, 2.05) is 17.1 Å². The second kappa shape index (κ2) is 4.96. The van der Waals surface area contributed by atoms with Gasteiger partial charge in [0.25, 0.3) is 0 Å². The number of hydrogen-bond donors (Lipinski definition) is 1. The number of hydrogen-bond acceptors (Lipinski definition) is 3. The quantitative estimate of drug-likeness (QED) is 0.910. The first-order valence-corrected chi connectivity index (χ1v) is 7.52. The highest BCUT2D eigenvalue weighted by atomic mass is 15.3. The van der Waals surface area contributed by atoms with E-state index in [0.29, 0.717) is 12.0 Å². The van der Waals surface area contributed by atoms with Gasteiger partial charge in [0, 0.05) is 30.3 Å². The molecule has 2 aromatic heterocycles. The molecule has 5 heteroatoms. The van der Waals surface area contributed by atoms with Crippen molar-refractivity contribution >= 4 is 5.82 Å². The van der Waals surface area contributed by atoms with E-state index < -0.39 is 0 Å². The zero-order valence-electron chi connectivity index (χ0n) is 12.5. The lowest BCUT2D eigenvalue weighted by atomic mass is 10.2. The molecule has 0 bridgehead atoms. The van der Waals surface area contributed by atoms with Gasteiger partial charge >= 0.3 is 0 Å². The molecular weight excluding hydrogens is 250 g/mol. The molecule has 20 heavy (non-hydrogen) atoms. The molecular formula is C15H23N5. The first kappa shape index (κ1) is 13.2. The SMILES string of the molecule is CCCn1cc(-c2nc(C3CC3)n(C(C)C)c2N)cn1. The monoisotopic (exact) mass is 273 g/mol. The van der Waals surface area contributed by atoms with Gasteiger partial charge in [-0.1, -0.05) is 6.92 Å². The largest absolute Gasteiger partial charge is 0.383 e. The normalized spacial score (nSPS) is 15.2. The van der Waals surface area contributed by atoms with Crippen LogP contribution in [0, 0.1) is 0 Å². The third-order valence-corrected chi connectivity index (χ3v) is 3.79. The minimum absolute atomic E-state index is 0.345.